The summed E-state index contributed by atoms with van der Waals surface area (Å²) in [7, 11) is 0. The number of thioether (sulfide) groups is 1. The molecule has 2 aromatic carbocycles. The van der Waals surface area contributed by atoms with Crippen LogP contribution in [-0.4, -0.2) is 16.0 Å². The molecule has 3 aromatic rings. The van der Waals surface area contributed by atoms with Crippen molar-refractivity contribution < 1.29 is 14.0 Å². The van der Waals surface area contributed by atoms with Crippen LogP contribution in [0.25, 0.3) is 16.8 Å². The van der Waals surface area contributed by atoms with E-state index in [1.54, 1.807) is 12.1 Å². The smallest absolute Gasteiger partial charge is 0.293 e. The van der Waals surface area contributed by atoms with Crippen LogP contribution >= 0.6 is 43.6 Å². The van der Waals surface area contributed by atoms with Gasteiger partial charge in [-0.15, -0.1) is 0 Å². The van der Waals surface area contributed by atoms with Gasteiger partial charge in [0.15, 0.2) is 4.67 Å². The first kappa shape index (κ1) is 17.6. The van der Waals surface area contributed by atoms with Crippen LogP contribution in [0.1, 0.15) is 11.3 Å². The van der Waals surface area contributed by atoms with Gasteiger partial charge in [-0.3, -0.25) is 14.5 Å². The lowest BCUT2D eigenvalue weighted by atomic mass is 10.0. The van der Waals surface area contributed by atoms with E-state index in [2.05, 4.69) is 31.9 Å². The molecule has 1 saturated heterocycles. The van der Waals surface area contributed by atoms with E-state index in [4.69, 9.17) is 4.42 Å². The minimum absolute atomic E-state index is 0.245. The Kier molecular flexibility index (Phi) is 4.77. The predicted octanol–water partition coefficient (Wildman–Crippen LogP) is 6.19. The molecule has 0 spiro atoms. The number of amides is 2. The largest absolute Gasteiger partial charge is 0.449 e. The molecule has 26 heavy (non-hydrogen) atoms. The first-order valence-electron chi connectivity index (χ1n) is 7.70. The van der Waals surface area contributed by atoms with Gasteiger partial charge in [-0.1, -0.05) is 42.5 Å². The molecule has 130 valence electrons. The minimum atomic E-state index is -0.309. The SMILES string of the molecule is O=C1S/C(=C/c2cc(Br)c(Br)o2)C(=O)N1Cc1cccc2ccccc12. The molecule has 0 bridgehead atoms. The van der Waals surface area contributed by atoms with Crippen LogP contribution < -0.4 is 0 Å². The number of hydrogen-bond donors (Lipinski definition) is 0. The van der Waals surface area contributed by atoms with Crippen LogP contribution in [0.2, 0.25) is 0 Å². The third kappa shape index (κ3) is 3.26. The van der Waals surface area contributed by atoms with Gasteiger partial charge in [-0.25, -0.2) is 0 Å². The summed E-state index contributed by atoms with van der Waals surface area (Å²) >= 11 is 7.52. The number of furan rings is 1. The molecule has 1 aliphatic rings. The van der Waals surface area contributed by atoms with E-state index >= 15 is 0 Å². The fourth-order valence-electron chi connectivity index (χ4n) is 2.80. The maximum atomic E-state index is 12.7. The molecule has 7 heteroatoms. The van der Waals surface area contributed by atoms with Crippen LogP contribution in [-0.2, 0) is 11.3 Å². The molecular formula is C19H11Br2NO3S. The quantitative estimate of drug-likeness (QED) is 0.409. The topological polar surface area (TPSA) is 50.5 Å². The van der Waals surface area contributed by atoms with Gasteiger partial charge in [0.1, 0.15) is 5.76 Å². The Balaban J connectivity index is 1.63. The maximum absolute atomic E-state index is 12.7. The van der Waals surface area contributed by atoms with E-state index in [1.165, 1.54) is 4.90 Å². The lowest BCUT2D eigenvalue weighted by molar-refractivity contribution is -0.123. The zero-order valence-electron chi connectivity index (χ0n) is 13.2. The second kappa shape index (κ2) is 7.06. The first-order chi connectivity index (χ1) is 12.5. The third-order valence-electron chi connectivity index (χ3n) is 4.02. The number of benzene rings is 2. The van der Waals surface area contributed by atoms with E-state index in [-0.39, 0.29) is 17.7 Å². The fourth-order valence-corrected chi connectivity index (χ4v) is 4.23. The molecule has 0 N–H and O–H groups in total. The number of imide groups is 1. The van der Waals surface area contributed by atoms with Crippen molar-refractivity contribution in [2.75, 3.05) is 0 Å². The summed E-state index contributed by atoms with van der Waals surface area (Å²) in [4.78, 5) is 26.7. The molecule has 1 aliphatic heterocycles. The third-order valence-corrected chi connectivity index (χ3v) is 6.64. The molecule has 0 unspecified atom stereocenters. The highest BCUT2D eigenvalue weighted by molar-refractivity contribution is 9.13. The van der Waals surface area contributed by atoms with Crippen LogP contribution in [0.5, 0.6) is 0 Å². The van der Waals surface area contributed by atoms with E-state index in [9.17, 15) is 9.59 Å². The number of carbonyl (C=O) groups excluding carboxylic acids is 2. The minimum Gasteiger partial charge on any atom is -0.449 e. The Labute approximate surface area is 170 Å². The number of halogens is 2. The van der Waals surface area contributed by atoms with Crippen LogP contribution in [0.3, 0.4) is 0 Å². The van der Waals surface area contributed by atoms with Gasteiger partial charge in [-0.05, 0) is 66.0 Å². The first-order valence-corrected chi connectivity index (χ1v) is 10.1. The van der Waals surface area contributed by atoms with Crippen LogP contribution in [0.15, 0.2) is 67.0 Å². The summed E-state index contributed by atoms with van der Waals surface area (Å²) in [6.07, 6.45) is 1.59. The Morgan fingerprint density at radius 3 is 2.62 bits per heavy atom. The Morgan fingerprint density at radius 2 is 1.85 bits per heavy atom. The number of hydrogen-bond acceptors (Lipinski definition) is 4. The summed E-state index contributed by atoms with van der Waals surface area (Å²) < 4.78 is 6.76. The summed E-state index contributed by atoms with van der Waals surface area (Å²) in [5, 5.41) is 1.84. The summed E-state index contributed by atoms with van der Waals surface area (Å²) in [6, 6.07) is 15.6. The van der Waals surface area contributed by atoms with Crippen molar-refractivity contribution in [2.24, 2.45) is 0 Å². The number of rotatable bonds is 3. The van der Waals surface area contributed by atoms with Gasteiger partial charge in [-0.2, -0.15) is 0 Å². The molecule has 4 rings (SSSR count). The monoisotopic (exact) mass is 491 g/mol. The molecule has 2 amide bonds. The van der Waals surface area contributed by atoms with E-state index < -0.39 is 0 Å². The molecule has 0 atom stereocenters. The number of nitrogens with zero attached hydrogens (tertiary/aromatic N) is 1. The molecule has 4 nitrogen and oxygen atoms in total. The van der Waals surface area contributed by atoms with E-state index in [0.717, 1.165) is 32.6 Å². The van der Waals surface area contributed by atoms with Crippen LogP contribution in [0.4, 0.5) is 4.79 Å². The second-order valence-electron chi connectivity index (χ2n) is 5.68. The second-order valence-corrected chi connectivity index (χ2v) is 8.24. The average Bonchev–Trinajstić information content (AvgIpc) is 3.08. The molecule has 0 saturated carbocycles. The van der Waals surface area contributed by atoms with Crippen molar-refractivity contribution >= 4 is 71.6 Å². The highest BCUT2D eigenvalue weighted by atomic mass is 79.9. The van der Waals surface area contributed by atoms with Gasteiger partial charge in [0.2, 0.25) is 0 Å². The molecule has 2 heterocycles. The summed E-state index contributed by atoms with van der Waals surface area (Å²) in [5.41, 5.74) is 0.940. The molecule has 0 radical (unpaired) electrons. The van der Waals surface area contributed by atoms with Crippen LogP contribution in [0, 0.1) is 0 Å². The van der Waals surface area contributed by atoms with Crippen molar-refractivity contribution in [3.8, 4) is 0 Å². The van der Waals surface area contributed by atoms with Crippen molar-refractivity contribution in [2.45, 2.75) is 6.54 Å². The summed E-state index contributed by atoms with van der Waals surface area (Å²) in [5.74, 6) is 0.191. The standard InChI is InChI=1S/C19H11Br2NO3S/c20-15-8-13(25-17(15)21)9-16-18(23)22(19(24)26-16)10-12-6-3-5-11-4-1-2-7-14(11)12/h1-9H,10H2/b16-9+. The van der Waals surface area contributed by atoms with Crippen molar-refractivity contribution in [1.29, 1.82) is 0 Å². The normalized spacial score (nSPS) is 16.2. The molecule has 1 fully saturated rings. The average molecular weight is 493 g/mol. The van der Waals surface area contributed by atoms with Gasteiger partial charge in [0, 0.05) is 6.08 Å². The van der Waals surface area contributed by atoms with Crippen molar-refractivity contribution in [1.82, 2.24) is 4.90 Å². The Morgan fingerprint density at radius 1 is 1.08 bits per heavy atom. The van der Waals surface area contributed by atoms with E-state index in [1.807, 2.05) is 42.5 Å². The van der Waals surface area contributed by atoms with Crippen molar-refractivity contribution in [3.05, 3.63) is 73.9 Å². The summed E-state index contributed by atoms with van der Waals surface area (Å²) in [6.45, 7) is 0.245. The van der Waals surface area contributed by atoms with Crippen molar-refractivity contribution in [3.63, 3.8) is 0 Å². The van der Waals surface area contributed by atoms with E-state index in [0.29, 0.717) is 15.3 Å². The molecule has 1 aromatic heterocycles. The van der Waals surface area contributed by atoms with Gasteiger partial charge in [0.05, 0.1) is 15.9 Å². The highest BCUT2D eigenvalue weighted by Crippen LogP contribution is 2.36. The zero-order valence-corrected chi connectivity index (χ0v) is 17.2. The molecular weight excluding hydrogens is 482 g/mol. The van der Waals surface area contributed by atoms with Gasteiger partial charge < -0.3 is 4.42 Å². The van der Waals surface area contributed by atoms with Gasteiger partial charge >= 0.3 is 0 Å². The lowest BCUT2D eigenvalue weighted by Crippen LogP contribution is -2.27. The fraction of sp³-hybridized carbons (Fsp3) is 0.0526. The number of carbonyl (C=O) groups is 2. The van der Waals surface area contributed by atoms with Gasteiger partial charge in [0.25, 0.3) is 11.1 Å². The molecule has 0 aliphatic carbocycles. The zero-order chi connectivity index (χ0) is 18.3. The number of fused-ring (bicyclic) bond motifs is 1. The Bertz CT molecular complexity index is 1050. The maximum Gasteiger partial charge on any atom is 0.293 e. The lowest BCUT2D eigenvalue weighted by Gasteiger charge is -2.14. The highest BCUT2D eigenvalue weighted by Gasteiger charge is 2.35. The predicted molar refractivity (Wildman–Crippen MR) is 110 cm³/mol. The Hall–Kier alpha value is -1.83.